The quantitative estimate of drug-likeness (QED) is 0.606. The van der Waals surface area contributed by atoms with Crippen LogP contribution in [0.2, 0.25) is 0 Å². The number of carbonyl (C=O) groups is 2. The van der Waals surface area contributed by atoms with Crippen LogP contribution in [0.1, 0.15) is 13.3 Å². The third-order valence-corrected chi connectivity index (χ3v) is 2.59. The second-order valence-corrected chi connectivity index (χ2v) is 3.73. The molecule has 0 aromatic rings. The van der Waals surface area contributed by atoms with Gasteiger partial charge in [-0.25, -0.2) is 0 Å². The summed E-state index contributed by atoms with van der Waals surface area (Å²) < 4.78 is 0. The average molecular weight is 209 g/mol. The monoisotopic (exact) mass is 209 g/mol. The molecular weight excluding hydrogens is 194 g/mol. The highest BCUT2D eigenvalue weighted by atomic mass is 16.2. The van der Waals surface area contributed by atoms with E-state index in [1.807, 2.05) is 6.07 Å². The molecule has 1 aliphatic heterocycles. The van der Waals surface area contributed by atoms with Gasteiger partial charge in [0.15, 0.2) is 0 Å². The molecule has 5 heteroatoms. The molecule has 1 fully saturated rings. The van der Waals surface area contributed by atoms with Gasteiger partial charge in [0.2, 0.25) is 12.3 Å². The fraction of sp³-hybridized carbons (Fsp3) is 0.700. The number of carbonyl (C=O) groups excluding carboxylic acids is 2. The SMILES string of the molecule is CC(CC#N)C(=O)N1CCN(C=O)CC1. The van der Waals surface area contributed by atoms with E-state index < -0.39 is 0 Å². The van der Waals surface area contributed by atoms with Crippen molar-refractivity contribution in [3.63, 3.8) is 0 Å². The zero-order valence-corrected chi connectivity index (χ0v) is 8.85. The van der Waals surface area contributed by atoms with E-state index >= 15 is 0 Å². The second kappa shape index (κ2) is 5.35. The van der Waals surface area contributed by atoms with E-state index in [1.165, 1.54) is 0 Å². The van der Waals surface area contributed by atoms with Crippen LogP contribution in [0.15, 0.2) is 0 Å². The summed E-state index contributed by atoms with van der Waals surface area (Å²) in [5, 5.41) is 8.49. The molecule has 0 aromatic heterocycles. The van der Waals surface area contributed by atoms with Crippen LogP contribution in [0.25, 0.3) is 0 Å². The van der Waals surface area contributed by atoms with Crippen LogP contribution in [-0.4, -0.2) is 48.3 Å². The Morgan fingerprint density at radius 1 is 1.47 bits per heavy atom. The number of rotatable bonds is 3. The molecule has 1 heterocycles. The largest absolute Gasteiger partial charge is 0.342 e. The van der Waals surface area contributed by atoms with Crippen molar-refractivity contribution in [1.82, 2.24) is 9.80 Å². The fourth-order valence-electron chi connectivity index (χ4n) is 1.58. The molecule has 1 rings (SSSR count). The summed E-state index contributed by atoms with van der Waals surface area (Å²) in [4.78, 5) is 25.6. The van der Waals surface area contributed by atoms with Crippen LogP contribution in [0.4, 0.5) is 0 Å². The molecule has 5 nitrogen and oxygen atoms in total. The van der Waals surface area contributed by atoms with Gasteiger partial charge in [-0.1, -0.05) is 6.92 Å². The van der Waals surface area contributed by atoms with E-state index in [-0.39, 0.29) is 18.2 Å². The molecular formula is C10H15N3O2. The molecule has 2 amide bonds. The molecule has 0 spiro atoms. The van der Waals surface area contributed by atoms with Gasteiger partial charge in [0.25, 0.3) is 0 Å². The number of amides is 2. The standard InChI is InChI=1S/C10H15N3O2/c1-9(2-3-11)10(15)13-6-4-12(8-14)5-7-13/h8-9H,2,4-7H2,1H3. The summed E-state index contributed by atoms with van der Waals surface area (Å²) in [7, 11) is 0. The Morgan fingerprint density at radius 3 is 2.53 bits per heavy atom. The Kier molecular flexibility index (Phi) is 4.10. The third-order valence-electron chi connectivity index (χ3n) is 2.59. The second-order valence-electron chi connectivity index (χ2n) is 3.73. The van der Waals surface area contributed by atoms with Crippen molar-refractivity contribution in [1.29, 1.82) is 5.26 Å². The molecule has 1 unspecified atom stereocenters. The fourth-order valence-corrected chi connectivity index (χ4v) is 1.58. The normalized spacial score (nSPS) is 18.1. The maximum atomic E-state index is 11.8. The van der Waals surface area contributed by atoms with Crippen molar-refractivity contribution in [2.45, 2.75) is 13.3 Å². The van der Waals surface area contributed by atoms with Crippen LogP contribution in [0, 0.1) is 17.2 Å². The molecule has 0 bridgehead atoms. The Bertz CT molecular complexity index is 277. The van der Waals surface area contributed by atoms with Gasteiger partial charge in [-0.2, -0.15) is 5.26 Å². The zero-order valence-electron chi connectivity index (χ0n) is 8.85. The van der Waals surface area contributed by atoms with Gasteiger partial charge in [0.1, 0.15) is 0 Å². The third kappa shape index (κ3) is 2.94. The van der Waals surface area contributed by atoms with Crippen LogP contribution in [-0.2, 0) is 9.59 Å². The first-order chi connectivity index (χ1) is 7.19. The molecule has 1 saturated heterocycles. The van der Waals surface area contributed by atoms with E-state index in [2.05, 4.69) is 0 Å². The average Bonchev–Trinajstić information content (AvgIpc) is 2.28. The van der Waals surface area contributed by atoms with Crippen molar-refractivity contribution in [2.24, 2.45) is 5.92 Å². The first kappa shape index (κ1) is 11.5. The summed E-state index contributed by atoms with van der Waals surface area (Å²) >= 11 is 0. The summed E-state index contributed by atoms with van der Waals surface area (Å²) in [6.07, 6.45) is 1.06. The number of nitrogens with zero attached hydrogens (tertiary/aromatic N) is 3. The minimum atomic E-state index is -0.238. The van der Waals surface area contributed by atoms with E-state index in [1.54, 1.807) is 16.7 Å². The Labute approximate surface area is 89.3 Å². The molecule has 15 heavy (non-hydrogen) atoms. The van der Waals surface area contributed by atoms with Gasteiger partial charge < -0.3 is 9.80 Å². The smallest absolute Gasteiger partial charge is 0.226 e. The van der Waals surface area contributed by atoms with Crippen LogP contribution in [0.3, 0.4) is 0 Å². The number of hydrogen-bond donors (Lipinski definition) is 0. The highest BCUT2D eigenvalue weighted by molar-refractivity contribution is 5.79. The van der Waals surface area contributed by atoms with Gasteiger partial charge in [-0.05, 0) is 0 Å². The highest BCUT2D eigenvalue weighted by Gasteiger charge is 2.23. The molecule has 0 aromatic carbocycles. The first-order valence-electron chi connectivity index (χ1n) is 5.04. The van der Waals surface area contributed by atoms with Gasteiger partial charge in [-0.15, -0.1) is 0 Å². The van der Waals surface area contributed by atoms with Crippen molar-refractivity contribution >= 4 is 12.3 Å². The maximum Gasteiger partial charge on any atom is 0.226 e. The molecule has 82 valence electrons. The maximum absolute atomic E-state index is 11.8. The van der Waals surface area contributed by atoms with E-state index in [4.69, 9.17) is 5.26 Å². The Morgan fingerprint density at radius 2 is 2.07 bits per heavy atom. The van der Waals surface area contributed by atoms with E-state index in [9.17, 15) is 9.59 Å². The molecule has 0 aliphatic carbocycles. The van der Waals surface area contributed by atoms with Crippen molar-refractivity contribution < 1.29 is 9.59 Å². The topological polar surface area (TPSA) is 64.4 Å². The number of hydrogen-bond acceptors (Lipinski definition) is 3. The Balaban J connectivity index is 2.43. The van der Waals surface area contributed by atoms with Crippen molar-refractivity contribution in [3.05, 3.63) is 0 Å². The minimum absolute atomic E-state index is 0.0158. The van der Waals surface area contributed by atoms with Crippen molar-refractivity contribution in [2.75, 3.05) is 26.2 Å². The predicted octanol–water partition coefficient (Wildman–Crippen LogP) is -0.163. The lowest BCUT2D eigenvalue weighted by atomic mass is 10.1. The lowest BCUT2D eigenvalue weighted by Crippen LogP contribution is -2.49. The van der Waals surface area contributed by atoms with E-state index in [0.717, 1.165) is 6.41 Å². The summed E-state index contributed by atoms with van der Waals surface area (Å²) in [5.41, 5.74) is 0. The van der Waals surface area contributed by atoms with Gasteiger partial charge in [0, 0.05) is 38.5 Å². The first-order valence-corrected chi connectivity index (χ1v) is 5.04. The zero-order chi connectivity index (χ0) is 11.3. The number of nitriles is 1. The van der Waals surface area contributed by atoms with E-state index in [0.29, 0.717) is 26.2 Å². The van der Waals surface area contributed by atoms with Gasteiger partial charge >= 0.3 is 0 Å². The van der Waals surface area contributed by atoms with Crippen LogP contribution in [0.5, 0.6) is 0 Å². The lowest BCUT2D eigenvalue weighted by molar-refractivity contribution is -0.138. The van der Waals surface area contributed by atoms with Crippen LogP contribution < -0.4 is 0 Å². The van der Waals surface area contributed by atoms with Crippen LogP contribution >= 0.6 is 0 Å². The lowest BCUT2D eigenvalue weighted by Gasteiger charge is -2.33. The van der Waals surface area contributed by atoms with Gasteiger partial charge in [0.05, 0.1) is 6.07 Å². The van der Waals surface area contributed by atoms with Gasteiger partial charge in [-0.3, -0.25) is 9.59 Å². The predicted molar refractivity (Wildman–Crippen MR) is 53.6 cm³/mol. The summed E-state index contributed by atoms with van der Waals surface area (Å²) in [6.45, 7) is 4.10. The molecule has 0 radical (unpaired) electrons. The summed E-state index contributed by atoms with van der Waals surface area (Å²) in [5.74, 6) is -0.222. The number of piperazine rings is 1. The Hall–Kier alpha value is -1.57. The molecule has 1 atom stereocenters. The minimum Gasteiger partial charge on any atom is -0.342 e. The molecule has 1 aliphatic rings. The summed E-state index contributed by atoms with van der Waals surface area (Å²) in [6, 6.07) is 1.99. The molecule has 0 saturated carbocycles. The molecule has 0 N–H and O–H groups in total. The van der Waals surface area contributed by atoms with Crippen molar-refractivity contribution in [3.8, 4) is 6.07 Å². The highest BCUT2D eigenvalue weighted by Crippen LogP contribution is 2.09.